The van der Waals surface area contributed by atoms with Crippen LogP contribution in [0.3, 0.4) is 0 Å². The minimum absolute atomic E-state index is 0.177. The van der Waals surface area contributed by atoms with Gasteiger partial charge in [0.25, 0.3) is 0 Å². The number of carbonyl (C=O) groups is 1. The van der Waals surface area contributed by atoms with Crippen LogP contribution < -0.4 is 0 Å². The molecular formula is C17H30O3Si. The van der Waals surface area contributed by atoms with E-state index in [-0.39, 0.29) is 16.9 Å². The Hall–Kier alpha value is -0.873. The molecule has 1 rings (SSSR count). The van der Waals surface area contributed by atoms with E-state index >= 15 is 0 Å². The first kappa shape index (κ1) is 18.2. The predicted octanol–water partition coefficient (Wildman–Crippen LogP) is 4.46. The molecule has 1 aliphatic carbocycles. The number of carbonyl (C=O) groups excluding carboxylic acids is 1. The fourth-order valence-electron chi connectivity index (χ4n) is 2.06. The first-order valence-corrected chi connectivity index (χ1v) is 10.6. The van der Waals surface area contributed by atoms with Crippen LogP contribution in [0.25, 0.3) is 0 Å². The van der Waals surface area contributed by atoms with Crippen molar-refractivity contribution in [2.75, 3.05) is 13.7 Å². The fourth-order valence-corrected chi connectivity index (χ4v) is 3.09. The summed E-state index contributed by atoms with van der Waals surface area (Å²) in [5.41, 5.74) is 2.06. The van der Waals surface area contributed by atoms with Crippen molar-refractivity contribution in [1.82, 2.24) is 0 Å². The van der Waals surface area contributed by atoms with Crippen LogP contribution in [0.4, 0.5) is 0 Å². The van der Waals surface area contributed by atoms with Gasteiger partial charge in [0.1, 0.15) is 0 Å². The molecule has 1 aliphatic rings. The number of allylic oxidation sites excluding steroid dienone is 1. The van der Waals surface area contributed by atoms with E-state index in [0.717, 1.165) is 18.4 Å². The van der Waals surface area contributed by atoms with Crippen LogP contribution in [0.5, 0.6) is 0 Å². The molecule has 1 atom stereocenters. The maximum absolute atomic E-state index is 11.8. The molecule has 0 heterocycles. The van der Waals surface area contributed by atoms with Gasteiger partial charge in [-0.2, -0.15) is 0 Å². The van der Waals surface area contributed by atoms with Gasteiger partial charge in [0, 0.05) is 18.1 Å². The second kappa shape index (κ2) is 6.92. The van der Waals surface area contributed by atoms with Gasteiger partial charge in [-0.3, -0.25) is 0 Å². The van der Waals surface area contributed by atoms with Crippen LogP contribution in [-0.2, 0) is 14.0 Å². The first-order chi connectivity index (χ1) is 9.58. The molecule has 3 nitrogen and oxygen atoms in total. The van der Waals surface area contributed by atoms with Gasteiger partial charge in [0.05, 0.1) is 7.11 Å². The lowest BCUT2D eigenvalue weighted by atomic mass is 10.0. The lowest BCUT2D eigenvalue weighted by Gasteiger charge is -2.37. The summed E-state index contributed by atoms with van der Waals surface area (Å²) in [6, 6.07) is 0. The number of ether oxygens (including phenoxy) is 1. The minimum Gasteiger partial charge on any atom is -0.466 e. The molecule has 21 heavy (non-hydrogen) atoms. The lowest BCUT2D eigenvalue weighted by Crippen LogP contribution is -2.42. The number of esters is 1. The highest BCUT2D eigenvalue weighted by molar-refractivity contribution is 6.74. The molecule has 0 bridgehead atoms. The Labute approximate surface area is 130 Å². The third-order valence-corrected chi connectivity index (χ3v) is 9.25. The molecule has 4 heteroatoms. The van der Waals surface area contributed by atoms with Crippen molar-refractivity contribution >= 4 is 14.3 Å². The Kier molecular flexibility index (Phi) is 5.99. The van der Waals surface area contributed by atoms with Crippen molar-refractivity contribution in [3.8, 4) is 0 Å². The molecule has 0 aromatic carbocycles. The van der Waals surface area contributed by atoms with Gasteiger partial charge in [-0.15, -0.1) is 0 Å². The van der Waals surface area contributed by atoms with Crippen LogP contribution in [0.2, 0.25) is 18.1 Å². The average Bonchev–Trinajstić information content (AvgIpc) is 2.56. The summed E-state index contributed by atoms with van der Waals surface area (Å²) in [7, 11) is -0.325. The van der Waals surface area contributed by atoms with Gasteiger partial charge in [-0.1, -0.05) is 38.5 Å². The largest absolute Gasteiger partial charge is 0.466 e. The molecule has 0 amide bonds. The van der Waals surface area contributed by atoms with Crippen molar-refractivity contribution in [3.05, 3.63) is 23.3 Å². The molecular weight excluding hydrogens is 280 g/mol. The molecule has 0 saturated heterocycles. The molecule has 0 N–H and O–H groups in total. The summed E-state index contributed by atoms with van der Waals surface area (Å²) in [5, 5.41) is 0.199. The Bertz CT molecular complexity index is 441. The van der Waals surface area contributed by atoms with Crippen LogP contribution in [-0.4, -0.2) is 28.0 Å². The van der Waals surface area contributed by atoms with Gasteiger partial charge in [0.2, 0.25) is 0 Å². The summed E-state index contributed by atoms with van der Waals surface area (Å²) in [6.45, 7) is 14.0. The molecule has 1 unspecified atom stereocenters. The number of hydrogen-bond donors (Lipinski definition) is 0. The third kappa shape index (κ3) is 4.82. The second-order valence-electron chi connectivity index (χ2n) is 7.35. The zero-order valence-electron chi connectivity index (χ0n) is 14.6. The molecule has 0 spiro atoms. The quantitative estimate of drug-likeness (QED) is 0.437. The first-order valence-electron chi connectivity index (χ1n) is 7.68. The molecule has 0 aliphatic heterocycles. The van der Waals surface area contributed by atoms with Crippen LogP contribution in [0.15, 0.2) is 23.3 Å². The standard InChI is InChI=1S/C17H30O3Si/c1-13-9-8-10-14(16(18)19-5)11-15(13)12-20-21(6,7)17(2,3)4/h9,11,15H,8,10,12H2,1-7H3. The number of methoxy groups -OCH3 is 1. The summed E-state index contributed by atoms with van der Waals surface area (Å²) in [6.07, 6.45) is 5.90. The van der Waals surface area contributed by atoms with Gasteiger partial charge in [-0.05, 0) is 37.9 Å². The van der Waals surface area contributed by atoms with Crippen LogP contribution in [0, 0.1) is 5.92 Å². The van der Waals surface area contributed by atoms with E-state index in [1.165, 1.54) is 12.7 Å². The minimum atomic E-state index is -1.77. The SMILES string of the molecule is COC(=O)C1=CC(CO[Si](C)(C)C(C)(C)C)C(C)=CCC1. The second-order valence-corrected chi connectivity index (χ2v) is 12.2. The number of hydrogen-bond acceptors (Lipinski definition) is 3. The highest BCUT2D eigenvalue weighted by Crippen LogP contribution is 2.37. The molecule has 0 aromatic rings. The monoisotopic (exact) mass is 310 g/mol. The Morgan fingerprint density at radius 2 is 2.00 bits per heavy atom. The zero-order chi connectivity index (χ0) is 16.3. The van der Waals surface area contributed by atoms with Gasteiger partial charge in [0.15, 0.2) is 8.32 Å². The van der Waals surface area contributed by atoms with E-state index in [0.29, 0.717) is 6.61 Å². The average molecular weight is 311 g/mol. The summed E-state index contributed by atoms with van der Waals surface area (Å²) in [4.78, 5) is 11.8. The zero-order valence-corrected chi connectivity index (χ0v) is 15.6. The Morgan fingerprint density at radius 3 is 2.52 bits per heavy atom. The van der Waals surface area contributed by atoms with Crippen molar-refractivity contribution in [2.45, 2.75) is 58.7 Å². The topological polar surface area (TPSA) is 35.5 Å². The van der Waals surface area contributed by atoms with Crippen molar-refractivity contribution < 1.29 is 14.0 Å². The molecule has 0 saturated carbocycles. The van der Waals surface area contributed by atoms with Gasteiger partial charge >= 0.3 is 5.97 Å². The maximum atomic E-state index is 11.8. The highest BCUT2D eigenvalue weighted by Gasteiger charge is 2.37. The van der Waals surface area contributed by atoms with Crippen LogP contribution in [0.1, 0.15) is 40.5 Å². The lowest BCUT2D eigenvalue weighted by molar-refractivity contribution is -0.136. The van der Waals surface area contributed by atoms with Crippen molar-refractivity contribution in [1.29, 1.82) is 0 Å². The molecule has 0 radical (unpaired) electrons. The Balaban J connectivity index is 2.85. The summed E-state index contributed by atoms with van der Waals surface area (Å²) < 4.78 is 11.2. The molecule has 0 fully saturated rings. The Morgan fingerprint density at radius 1 is 1.38 bits per heavy atom. The van der Waals surface area contributed by atoms with Gasteiger partial charge in [-0.25, -0.2) is 4.79 Å². The third-order valence-electron chi connectivity index (χ3n) is 4.74. The van der Waals surface area contributed by atoms with Crippen molar-refractivity contribution in [2.24, 2.45) is 5.92 Å². The van der Waals surface area contributed by atoms with Crippen LogP contribution >= 0.6 is 0 Å². The van der Waals surface area contributed by atoms with Gasteiger partial charge < -0.3 is 9.16 Å². The summed E-state index contributed by atoms with van der Waals surface area (Å²) >= 11 is 0. The molecule has 120 valence electrons. The fraction of sp³-hybridized carbons (Fsp3) is 0.706. The normalized spacial score (nSPS) is 20.4. The number of rotatable bonds is 4. The van der Waals surface area contributed by atoms with E-state index in [9.17, 15) is 4.79 Å². The molecule has 0 aromatic heterocycles. The van der Waals surface area contributed by atoms with E-state index in [1.54, 1.807) is 0 Å². The van der Waals surface area contributed by atoms with E-state index in [4.69, 9.17) is 9.16 Å². The predicted molar refractivity (Wildman–Crippen MR) is 89.7 cm³/mol. The smallest absolute Gasteiger partial charge is 0.333 e. The summed E-state index contributed by atoms with van der Waals surface area (Å²) in [5.74, 6) is -0.0360. The van der Waals surface area contributed by atoms with E-state index in [1.807, 2.05) is 6.08 Å². The van der Waals surface area contributed by atoms with E-state index in [2.05, 4.69) is 46.9 Å². The highest BCUT2D eigenvalue weighted by atomic mass is 28.4. The maximum Gasteiger partial charge on any atom is 0.333 e. The van der Waals surface area contributed by atoms with E-state index < -0.39 is 8.32 Å². The van der Waals surface area contributed by atoms with Crippen molar-refractivity contribution in [3.63, 3.8) is 0 Å².